The first-order valence-electron chi connectivity index (χ1n) is 14.7. The quantitative estimate of drug-likeness (QED) is 0.123. The number of carbonyl (C=O) groups is 2. The molecule has 3 rings (SSSR count). The van der Waals surface area contributed by atoms with Gasteiger partial charge in [-0.1, -0.05) is 112 Å². The maximum absolute atomic E-state index is 12.7. The van der Waals surface area contributed by atoms with Crippen molar-refractivity contribution >= 4 is 35.1 Å². The number of benzene rings is 2. The van der Waals surface area contributed by atoms with Gasteiger partial charge in [-0.05, 0) is 54.7 Å². The van der Waals surface area contributed by atoms with Gasteiger partial charge in [0.05, 0.1) is 16.1 Å². The molecule has 0 aliphatic heterocycles. The predicted octanol–water partition coefficient (Wildman–Crippen LogP) is 8.72. The molecule has 0 spiro atoms. The van der Waals surface area contributed by atoms with Crippen molar-refractivity contribution in [3.63, 3.8) is 0 Å². The zero-order valence-corrected chi connectivity index (χ0v) is 25.6. The van der Waals surface area contributed by atoms with Gasteiger partial charge < -0.3 is 14.5 Å². The van der Waals surface area contributed by atoms with E-state index in [9.17, 15) is 14.7 Å². The van der Waals surface area contributed by atoms with Gasteiger partial charge in [-0.25, -0.2) is 4.79 Å². The first-order valence-corrected chi connectivity index (χ1v) is 15.5. The van der Waals surface area contributed by atoms with Gasteiger partial charge in [0.25, 0.3) is 5.89 Å². The molecule has 0 aliphatic rings. The predicted molar refractivity (Wildman–Crippen MR) is 163 cm³/mol. The summed E-state index contributed by atoms with van der Waals surface area (Å²) in [6.45, 7) is 4.39. The Labute approximate surface area is 253 Å². The highest BCUT2D eigenvalue weighted by atomic mass is 35.5. The molecule has 1 amide bonds. The molecule has 0 saturated carbocycles. The minimum absolute atomic E-state index is 0.217. The van der Waals surface area contributed by atoms with E-state index in [4.69, 9.17) is 27.7 Å². The van der Waals surface area contributed by atoms with Crippen LogP contribution in [0, 0.1) is 0 Å². The Hall–Kier alpha value is -2.90. The van der Waals surface area contributed by atoms with Crippen molar-refractivity contribution in [1.29, 1.82) is 0 Å². The van der Waals surface area contributed by atoms with Crippen LogP contribution in [0.4, 0.5) is 0 Å². The fourth-order valence-electron chi connectivity index (χ4n) is 5.02. The van der Waals surface area contributed by atoms with E-state index in [0.717, 1.165) is 29.5 Å². The Bertz CT molecular complexity index is 1250. The van der Waals surface area contributed by atoms with Crippen molar-refractivity contribution in [3.8, 4) is 11.5 Å². The molecule has 41 heavy (non-hydrogen) atoms. The number of aliphatic carboxylic acids is 1. The first kappa shape index (κ1) is 32.6. The maximum atomic E-state index is 12.7. The number of carboxylic acids is 1. The number of aromatic nitrogens is 2. The van der Waals surface area contributed by atoms with Crippen molar-refractivity contribution in [2.24, 2.45) is 0 Å². The van der Waals surface area contributed by atoms with E-state index >= 15 is 0 Å². The highest BCUT2D eigenvalue weighted by molar-refractivity contribution is 6.42. The van der Waals surface area contributed by atoms with Crippen molar-refractivity contribution in [3.05, 3.63) is 69.5 Å². The fraction of sp³-hybridized carbons (Fsp3) is 0.500. The zero-order valence-electron chi connectivity index (χ0n) is 24.1. The molecule has 1 unspecified atom stereocenters. The fourth-order valence-corrected chi connectivity index (χ4v) is 5.34. The summed E-state index contributed by atoms with van der Waals surface area (Å²) in [6.07, 6.45) is 13.1. The second kappa shape index (κ2) is 17.1. The molecule has 1 atom stereocenters. The van der Waals surface area contributed by atoms with Crippen LogP contribution in [0.3, 0.4) is 0 Å². The van der Waals surface area contributed by atoms with Crippen LogP contribution in [0.2, 0.25) is 10.0 Å². The maximum Gasteiger partial charge on any atom is 0.394 e. The third-order valence-electron chi connectivity index (χ3n) is 7.35. The van der Waals surface area contributed by atoms with Gasteiger partial charge in [0.1, 0.15) is 0 Å². The summed E-state index contributed by atoms with van der Waals surface area (Å²) in [5, 5.41) is 14.5. The van der Waals surface area contributed by atoms with Crippen molar-refractivity contribution in [1.82, 2.24) is 15.0 Å². The van der Waals surface area contributed by atoms with Gasteiger partial charge in [0.2, 0.25) is 0 Å². The third-order valence-corrected chi connectivity index (χ3v) is 8.09. The van der Waals surface area contributed by atoms with Crippen LogP contribution in [-0.2, 0) is 22.4 Å². The molecule has 7 nitrogen and oxygen atoms in total. The van der Waals surface area contributed by atoms with E-state index in [1.54, 1.807) is 12.1 Å². The van der Waals surface area contributed by atoms with Crippen LogP contribution in [0.25, 0.3) is 11.5 Å². The average molecular weight is 603 g/mol. The summed E-state index contributed by atoms with van der Waals surface area (Å²) >= 11 is 12.1. The Morgan fingerprint density at radius 1 is 0.878 bits per heavy atom. The summed E-state index contributed by atoms with van der Waals surface area (Å²) < 4.78 is 5.51. The Balaban J connectivity index is 1.58. The van der Waals surface area contributed by atoms with E-state index in [-0.39, 0.29) is 6.54 Å². The monoisotopic (exact) mass is 601 g/mol. The standard InChI is InChI=1S/C32H41Cl2N3O4/c1-3-5-6-7-8-9-10-11-12-13-29-35-30(41-36-29)25-17-15-24(16-18-25)28(4-2)37(31(38)32(39)40)21-20-23-14-19-26(33)27(34)22-23/h14-19,22,28H,3-13,20-21H2,1-2H3,(H,39,40). The number of carboxylic acid groups (broad SMARTS) is 1. The van der Waals surface area contributed by atoms with Crippen LogP contribution >= 0.6 is 23.2 Å². The summed E-state index contributed by atoms with van der Waals surface area (Å²) in [4.78, 5) is 30.3. The van der Waals surface area contributed by atoms with Gasteiger partial charge >= 0.3 is 11.9 Å². The minimum atomic E-state index is -1.49. The molecule has 1 heterocycles. The lowest BCUT2D eigenvalue weighted by atomic mass is 10.00. The number of nitrogens with zero attached hydrogens (tertiary/aromatic N) is 3. The lowest BCUT2D eigenvalue weighted by Crippen LogP contribution is -2.40. The molecular formula is C32H41Cl2N3O4. The van der Waals surface area contributed by atoms with Gasteiger partial charge in [-0.15, -0.1) is 0 Å². The second-order valence-electron chi connectivity index (χ2n) is 10.4. The summed E-state index contributed by atoms with van der Waals surface area (Å²) in [6, 6.07) is 12.3. The number of carbonyl (C=O) groups excluding carboxylic acids is 1. The lowest BCUT2D eigenvalue weighted by molar-refractivity contribution is -0.157. The van der Waals surface area contributed by atoms with Crippen molar-refractivity contribution < 1.29 is 19.2 Å². The van der Waals surface area contributed by atoms with Crippen LogP contribution in [0.5, 0.6) is 0 Å². The first-order chi connectivity index (χ1) is 19.8. The molecule has 3 aromatic rings. The molecule has 1 N–H and O–H groups in total. The number of rotatable bonds is 17. The molecule has 0 radical (unpaired) electrons. The van der Waals surface area contributed by atoms with Gasteiger partial charge in [-0.2, -0.15) is 4.98 Å². The number of hydrogen-bond acceptors (Lipinski definition) is 5. The van der Waals surface area contributed by atoms with E-state index < -0.39 is 17.9 Å². The smallest absolute Gasteiger partial charge is 0.394 e. The molecule has 222 valence electrons. The molecule has 0 aliphatic carbocycles. The Kier molecular flexibility index (Phi) is 13.6. The van der Waals surface area contributed by atoms with E-state index in [2.05, 4.69) is 17.1 Å². The van der Waals surface area contributed by atoms with Crippen molar-refractivity contribution in [2.75, 3.05) is 6.54 Å². The summed E-state index contributed by atoms with van der Waals surface area (Å²) in [5.41, 5.74) is 2.47. The largest absolute Gasteiger partial charge is 0.474 e. The molecule has 2 aromatic carbocycles. The van der Waals surface area contributed by atoms with E-state index in [1.165, 1.54) is 56.3 Å². The SMILES string of the molecule is CCCCCCCCCCCc1noc(-c2ccc(C(CC)N(CCc3ccc(Cl)c(Cl)c3)C(=O)C(=O)O)cc2)n1. The summed E-state index contributed by atoms with van der Waals surface area (Å²) in [7, 11) is 0. The third kappa shape index (κ3) is 10.2. The lowest BCUT2D eigenvalue weighted by Gasteiger charge is -2.30. The number of unbranched alkanes of at least 4 members (excludes halogenated alkanes) is 8. The van der Waals surface area contributed by atoms with E-state index in [0.29, 0.717) is 34.6 Å². The van der Waals surface area contributed by atoms with Crippen LogP contribution in [0.15, 0.2) is 47.0 Å². The Morgan fingerprint density at radius 3 is 2.15 bits per heavy atom. The number of aryl methyl sites for hydroxylation is 1. The van der Waals surface area contributed by atoms with Gasteiger partial charge in [0, 0.05) is 18.5 Å². The average Bonchev–Trinajstić information content (AvgIpc) is 3.45. The highest BCUT2D eigenvalue weighted by Crippen LogP contribution is 2.29. The molecular weight excluding hydrogens is 561 g/mol. The topological polar surface area (TPSA) is 96.5 Å². The number of halogens is 2. The second-order valence-corrected chi connectivity index (χ2v) is 11.3. The Morgan fingerprint density at radius 2 is 1.54 bits per heavy atom. The van der Waals surface area contributed by atoms with Crippen molar-refractivity contribution in [2.45, 2.75) is 96.9 Å². The molecule has 1 aromatic heterocycles. The van der Waals surface area contributed by atoms with Crippen LogP contribution in [0.1, 0.15) is 101 Å². The zero-order chi connectivity index (χ0) is 29.6. The van der Waals surface area contributed by atoms with Crippen LogP contribution in [-0.4, -0.2) is 38.6 Å². The van der Waals surface area contributed by atoms with Crippen LogP contribution < -0.4 is 0 Å². The molecule has 9 heteroatoms. The van der Waals surface area contributed by atoms with Gasteiger partial charge in [-0.3, -0.25) is 4.79 Å². The molecule has 0 fully saturated rings. The highest BCUT2D eigenvalue weighted by Gasteiger charge is 2.28. The van der Waals surface area contributed by atoms with E-state index in [1.807, 2.05) is 37.3 Å². The number of hydrogen-bond donors (Lipinski definition) is 1. The van der Waals surface area contributed by atoms with Gasteiger partial charge in [0.15, 0.2) is 5.82 Å². The summed E-state index contributed by atoms with van der Waals surface area (Å²) in [5.74, 6) is -1.27. The molecule has 0 bridgehead atoms. The number of amides is 1. The molecule has 0 saturated heterocycles. The minimum Gasteiger partial charge on any atom is -0.474 e. The normalized spacial score (nSPS) is 11.9.